The predicted octanol–water partition coefficient (Wildman–Crippen LogP) is 6.02. The maximum absolute atomic E-state index is 12.8. The van der Waals surface area contributed by atoms with E-state index in [0.717, 1.165) is 16.9 Å². The van der Waals surface area contributed by atoms with Crippen molar-refractivity contribution in [2.45, 2.75) is 45.6 Å². The molecule has 0 radical (unpaired) electrons. The first-order chi connectivity index (χ1) is 16.7. The second-order valence-electron chi connectivity index (χ2n) is 8.33. The number of nitrogens with zero attached hydrogens (tertiary/aromatic N) is 3. The van der Waals surface area contributed by atoms with Gasteiger partial charge in [0.1, 0.15) is 5.82 Å². The summed E-state index contributed by atoms with van der Waals surface area (Å²) >= 11 is 1.59. The Hall–Kier alpha value is -3.02. The molecule has 0 saturated carbocycles. The molecule has 2 atom stereocenters. The molecule has 0 fully saturated rings. The van der Waals surface area contributed by atoms with Gasteiger partial charge in [0.2, 0.25) is 5.95 Å². The second kappa shape index (κ2) is 13.3. The summed E-state index contributed by atoms with van der Waals surface area (Å²) in [6.45, 7) is 6.03. The Morgan fingerprint density at radius 1 is 1.25 bits per heavy atom. The minimum Gasteiger partial charge on any atom is -0.448 e. The number of ether oxygens (including phenoxy) is 1. The molecule has 1 unspecified atom stereocenters. The molecule has 11 heteroatoms. The van der Waals surface area contributed by atoms with E-state index in [0.29, 0.717) is 28.3 Å². The van der Waals surface area contributed by atoms with E-state index in [1.54, 1.807) is 48.7 Å². The van der Waals surface area contributed by atoms with Crippen molar-refractivity contribution in [3.8, 4) is 10.4 Å². The smallest absolute Gasteiger partial charge is 0.442 e. The highest BCUT2D eigenvalue weighted by Crippen LogP contribution is 2.32. The number of amides is 1. The monoisotopic (exact) mass is 533 g/mol. The summed E-state index contributed by atoms with van der Waals surface area (Å²) in [6, 6.07) is 10.5. The molecule has 3 aromatic rings. The van der Waals surface area contributed by atoms with Crippen molar-refractivity contribution in [3.63, 3.8) is 0 Å². The number of nitrogens with one attached hydrogen (secondary N) is 2. The largest absolute Gasteiger partial charge is 0.448 e. The average molecular weight is 534 g/mol. The maximum atomic E-state index is 12.8. The normalized spacial score (nSPS) is 13.3. The number of hydrogen-bond acceptors (Lipinski definition) is 9. The fourth-order valence-corrected chi connectivity index (χ4v) is 5.19. The SMILES string of the molecule is C.CCOC(=O)N=S(C)(=O)c1ccc(Nc2ncc(-c3cccs3)c(N[C@@H](CO)CC(C)C)n2)cc1. The highest BCUT2D eigenvalue weighted by atomic mass is 32.2. The van der Waals surface area contributed by atoms with Gasteiger partial charge in [-0.15, -0.1) is 15.7 Å². The molecule has 1 amide bonds. The first-order valence-electron chi connectivity index (χ1n) is 11.3. The summed E-state index contributed by atoms with van der Waals surface area (Å²) in [5.74, 6) is 1.41. The van der Waals surface area contributed by atoms with Crippen LogP contribution in [-0.2, 0) is 14.5 Å². The van der Waals surface area contributed by atoms with Crippen LogP contribution in [0.25, 0.3) is 10.4 Å². The molecule has 1 aromatic carbocycles. The molecule has 0 spiro atoms. The van der Waals surface area contributed by atoms with Crippen LogP contribution in [0, 0.1) is 5.92 Å². The van der Waals surface area contributed by atoms with E-state index in [4.69, 9.17) is 4.74 Å². The van der Waals surface area contributed by atoms with Crippen LogP contribution in [-0.4, -0.2) is 50.9 Å². The Labute approximate surface area is 217 Å². The van der Waals surface area contributed by atoms with E-state index < -0.39 is 15.8 Å². The molecule has 36 heavy (non-hydrogen) atoms. The molecular weight excluding hydrogens is 498 g/mol. The number of benzene rings is 1. The Morgan fingerprint density at radius 3 is 2.56 bits per heavy atom. The first kappa shape index (κ1) is 29.2. The van der Waals surface area contributed by atoms with Gasteiger partial charge in [0.25, 0.3) is 0 Å². The lowest BCUT2D eigenvalue weighted by Gasteiger charge is -2.21. The molecular formula is C25H35N5O4S2. The second-order valence-corrected chi connectivity index (χ2v) is 11.5. The zero-order valence-corrected chi connectivity index (χ0v) is 21.9. The van der Waals surface area contributed by atoms with Crippen LogP contribution < -0.4 is 10.6 Å². The minimum absolute atomic E-state index is 0. The summed E-state index contributed by atoms with van der Waals surface area (Å²) in [4.78, 5) is 22.2. The van der Waals surface area contributed by atoms with Crippen LogP contribution in [0.5, 0.6) is 0 Å². The lowest BCUT2D eigenvalue weighted by molar-refractivity contribution is 0.164. The lowest BCUT2D eigenvalue weighted by Crippen LogP contribution is -2.26. The number of rotatable bonds is 10. The topological polar surface area (TPSA) is 126 Å². The molecule has 3 rings (SSSR count). The van der Waals surface area contributed by atoms with E-state index in [1.165, 1.54) is 6.26 Å². The Bertz CT molecular complexity index is 1240. The van der Waals surface area contributed by atoms with Gasteiger partial charge in [0, 0.05) is 27.9 Å². The lowest BCUT2D eigenvalue weighted by atomic mass is 10.0. The summed E-state index contributed by atoms with van der Waals surface area (Å²) in [5.41, 5.74) is 1.53. The third-order valence-electron chi connectivity index (χ3n) is 4.96. The highest BCUT2D eigenvalue weighted by molar-refractivity contribution is 7.93. The molecule has 0 aliphatic carbocycles. The minimum atomic E-state index is -2.93. The van der Waals surface area contributed by atoms with Crippen LogP contribution in [0.15, 0.2) is 57.2 Å². The standard InChI is InChI=1S/C24H31N5O4S2.CH4/c1-5-33-24(31)29-35(4,32)19-10-8-17(9-11-19)27-23-25-14-20(21-7-6-12-34-21)22(28-23)26-18(15-30)13-16(2)3;/h6-12,14,16,18,30H,5,13,15H2,1-4H3,(H2,25,26,27,28);1H4/t18-,35?;/m1./s1. The van der Waals surface area contributed by atoms with Crippen molar-refractivity contribution in [1.29, 1.82) is 0 Å². The van der Waals surface area contributed by atoms with Gasteiger partial charge in [-0.3, -0.25) is 0 Å². The molecule has 196 valence electrons. The number of aromatic nitrogens is 2. The Kier molecular flexibility index (Phi) is 10.8. The van der Waals surface area contributed by atoms with Crippen molar-refractivity contribution in [2.24, 2.45) is 10.3 Å². The van der Waals surface area contributed by atoms with Crippen molar-refractivity contribution in [1.82, 2.24) is 9.97 Å². The fourth-order valence-electron chi connectivity index (χ4n) is 3.37. The molecule has 0 saturated heterocycles. The number of carbonyl (C=O) groups is 1. The molecule has 3 N–H and O–H groups in total. The molecule has 2 heterocycles. The Balaban J connectivity index is 0.00000456. The van der Waals surface area contributed by atoms with E-state index in [2.05, 4.69) is 38.8 Å². The maximum Gasteiger partial charge on any atom is 0.442 e. The summed E-state index contributed by atoms with van der Waals surface area (Å²) in [7, 11) is -2.93. The Morgan fingerprint density at radius 2 is 1.97 bits per heavy atom. The molecule has 0 aliphatic heterocycles. The van der Waals surface area contributed by atoms with Crippen molar-refractivity contribution in [2.75, 3.05) is 30.1 Å². The van der Waals surface area contributed by atoms with Gasteiger partial charge in [-0.2, -0.15) is 4.98 Å². The summed E-state index contributed by atoms with van der Waals surface area (Å²) in [5, 5.41) is 18.4. The van der Waals surface area contributed by atoms with Crippen LogP contribution in [0.1, 0.15) is 34.6 Å². The predicted molar refractivity (Wildman–Crippen MR) is 148 cm³/mol. The highest BCUT2D eigenvalue weighted by Gasteiger charge is 2.16. The number of aliphatic hydroxyl groups excluding tert-OH is 1. The van der Waals surface area contributed by atoms with Gasteiger partial charge < -0.3 is 20.5 Å². The number of thiophene rings is 1. The van der Waals surface area contributed by atoms with Crippen molar-refractivity contribution < 1.29 is 18.8 Å². The van der Waals surface area contributed by atoms with Crippen LogP contribution in [0.4, 0.5) is 22.2 Å². The summed E-state index contributed by atoms with van der Waals surface area (Å²) in [6.07, 6.45) is 3.09. The van der Waals surface area contributed by atoms with Crippen LogP contribution >= 0.6 is 11.3 Å². The van der Waals surface area contributed by atoms with E-state index in [-0.39, 0.29) is 26.7 Å². The van der Waals surface area contributed by atoms with Gasteiger partial charge in [0.05, 0.1) is 34.5 Å². The summed E-state index contributed by atoms with van der Waals surface area (Å²) < 4.78 is 21.3. The quantitative estimate of drug-likeness (QED) is 0.289. The van der Waals surface area contributed by atoms with Gasteiger partial charge >= 0.3 is 6.09 Å². The first-order valence-corrected chi connectivity index (χ1v) is 14.1. The van der Waals surface area contributed by atoms with E-state index >= 15 is 0 Å². The molecule has 0 aliphatic rings. The third-order valence-corrected chi connectivity index (χ3v) is 7.50. The number of carbonyl (C=O) groups excluding carboxylic acids is 1. The van der Waals surface area contributed by atoms with Gasteiger partial charge in [-0.1, -0.05) is 27.3 Å². The van der Waals surface area contributed by atoms with Crippen LogP contribution in [0.3, 0.4) is 0 Å². The average Bonchev–Trinajstić information content (AvgIpc) is 3.33. The third kappa shape index (κ3) is 8.00. The van der Waals surface area contributed by atoms with Crippen molar-refractivity contribution >= 4 is 44.6 Å². The van der Waals surface area contributed by atoms with Gasteiger partial charge in [0.15, 0.2) is 0 Å². The van der Waals surface area contributed by atoms with Crippen LogP contribution in [0.2, 0.25) is 0 Å². The van der Waals surface area contributed by atoms with Gasteiger partial charge in [-0.05, 0) is 55.0 Å². The fraction of sp³-hybridized carbons (Fsp3) is 0.400. The zero-order valence-electron chi connectivity index (χ0n) is 20.2. The number of aliphatic hydroxyl groups is 1. The van der Waals surface area contributed by atoms with E-state index in [9.17, 15) is 14.1 Å². The molecule has 9 nitrogen and oxygen atoms in total. The van der Waals surface area contributed by atoms with Gasteiger partial charge in [-0.25, -0.2) is 14.0 Å². The molecule has 0 bridgehead atoms. The van der Waals surface area contributed by atoms with E-state index in [1.807, 2.05) is 17.5 Å². The molecule has 2 aromatic heterocycles. The zero-order chi connectivity index (χ0) is 25.4. The van der Waals surface area contributed by atoms with Crippen molar-refractivity contribution in [3.05, 3.63) is 48.0 Å². The number of hydrogen-bond donors (Lipinski definition) is 3. The number of anilines is 3.